The molecule has 1 unspecified atom stereocenters. The van der Waals surface area contributed by atoms with Crippen LogP contribution in [-0.2, 0) is 4.79 Å². The molecular formula is C11H18N2O3. The molecule has 5 nitrogen and oxygen atoms in total. The highest BCUT2D eigenvalue weighted by Crippen LogP contribution is 2.11. The summed E-state index contributed by atoms with van der Waals surface area (Å²) in [4.78, 5) is 24.4. The second-order valence-corrected chi connectivity index (χ2v) is 4.13. The van der Waals surface area contributed by atoms with Crippen LogP contribution in [0.4, 0.5) is 4.79 Å². The van der Waals surface area contributed by atoms with Gasteiger partial charge in [-0.25, -0.2) is 9.59 Å². The van der Waals surface area contributed by atoms with E-state index < -0.39 is 11.5 Å². The summed E-state index contributed by atoms with van der Waals surface area (Å²) in [6.07, 6.45) is 5.11. The Hall–Kier alpha value is -1.52. The van der Waals surface area contributed by atoms with E-state index >= 15 is 0 Å². The molecule has 0 fully saturated rings. The highest BCUT2D eigenvalue weighted by molar-refractivity contribution is 5.85. The molecule has 0 saturated carbocycles. The Morgan fingerprint density at radius 3 is 2.62 bits per heavy atom. The van der Waals surface area contributed by atoms with Gasteiger partial charge in [-0.15, -0.1) is 0 Å². The fourth-order valence-electron chi connectivity index (χ4n) is 1.43. The Bertz CT molecular complexity index is 314. The van der Waals surface area contributed by atoms with Gasteiger partial charge in [-0.1, -0.05) is 19.1 Å². The molecule has 0 aromatic rings. The van der Waals surface area contributed by atoms with Gasteiger partial charge in [0.1, 0.15) is 5.54 Å². The van der Waals surface area contributed by atoms with Gasteiger partial charge in [-0.2, -0.15) is 0 Å². The first-order valence-corrected chi connectivity index (χ1v) is 5.45. The van der Waals surface area contributed by atoms with Crippen molar-refractivity contribution in [1.82, 2.24) is 10.2 Å². The van der Waals surface area contributed by atoms with E-state index in [-0.39, 0.29) is 6.03 Å². The van der Waals surface area contributed by atoms with Crippen LogP contribution in [0.25, 0.3) is 0 Å². The van der Waals surface area contributed by atoms with Crippen LogP contribution >= 0.6 is 0 Å². The molecule has 1 aliphatic heterocycles. The predicted molar refractivity (Wildman–Crippen MR) is 60.2 cm³/mol. The number of amides is 2. The van der Waals surface area contributed by atoms with E-state index in [2.05, 4.69) is 5.32 Å². The molecule has 90 valence electrons. The third-order valence-corrected chi connectivity index (χ3v) is 2.91. The SMILES string of the molecule is CCC(C)(NC(=O)N1CC=CCC1)C(=O)O. The van der Waals surface area contributed by atoms with Crippen LogP contribution in [0, 0.1) is 0 Å². The quantitative estimate of drug-likeness (QED) is 0.711. The average Bonchev–Trinajstić information content (AvgIpc) is 2.29. The predicted octanol–water partition coefficient (Wildman–Crippen LogP) is 1.21. The van der Waals surface area contributed by atoms with Gasteiger partial charge in [-0.3, -0.25) is 0 Å². The number of rotatable bonds is 3. The number of carbonyl (C=O) groups excluding carboxylic acids is 1. The minimum atomic E-state index is -1.18. The summed E-state index contributed by atoms with van der Waals surface area (Å²) in [6.45, 7) is 4.45. The molecule has 2 amide bonds. The number of hydrogen-bond acceptors (Lipinski definition) is 2. The molecule has 1 rings (SSSR count). The summed E-state index contributed by atoms with van der Waals surface area (Å²) in [5, 5.41) is 11.6. The molecule has 5 heteroatoms. The second-order valence-electron chi connectivity index (χ2n) is 4.13. The van der Waals surface area contributed by atoms with Gasteiger partial charge in [0.05, 0.1) is 0 Å². The lowest BCUT2D eigenvalue weighted by atomic mass is 10.00. The zero-order chi connectivity index (χ0) is 12.2. The molecule has 0 bridgehead atoms. The van der Waals surface area contributed by atoms with E-state index in [1.807, 2.05) is 12.2 Å². The molecule has 0 saturated heterocycles. The standard InChI is InChI=1S/C11H18N2O3/c1-3-11(2,9(14)15)12-10(16)13-7-5-4-6-8-13/h4-5H,3,6-8H2,1-2H3,(H,12,16)(H,14,15). The van der Waals surface area contributed by atoms with Gasteiger partial charge in [0.2, 0.25) is 0 Å². The summed E-state index contributed by atoms with van der Waals surface area (Å²) >= 11 is 0. The van der Waals surface area contributed by atoms with Gasteiger partial charge in [0, 0.05) is 13.1 Å². The Labute approximate surface area is 95.1 Å². The molecule has 1 aliphatic rings. The second kappa shape index (κ2) is 5.01. The molecule has 1 heterocycles. The lowest BCUT2D eigenvalue weighted by molar-refractivity contribution is -0.143. The van der Waals surface area contributed by atoms with Crippen LogP contribution in [0.3, 0.4) is 0 Å². The van der Waals surface area contributed by atoms with E-state index in [0.29, 0.717) is 19.5 Å². The van der Waals surface area contributed by atoms with Gasteiger partial charge < -0.3 is 15.3 Å². The van der Waals surface area contributed by atoms with E-state index in [0.717, 1.165) is 6.42 Å². The number of aliphatic carboxylic acids is 1. The van der Waals surface area contributed by atoms with Crippen molar-refractivity contribution in [3.8, 4) is 0 Å². The lowest BCUT2D eigenvalue weighted by Crippen LogP contribution is -2.56. The lowest BCUT2D eigenvalue weighted by Gasteiger charge is -2.30. The number of nitrogens with zero attached hydrogens (tertiary/aromatic N) is 1. The fourth-order valence-corrected chi connectivity index (χ4v) is 1.43. The summed E-state index contributed by atoms with van der Waals surface area (Å²) < 4.78 is 0. The number of carbonyl (C=O) groups is 2. The van der Waals surface area contributed by atoms with E-state index in [1.54, 1.807) is 11.8 Å². The molecule has 1 atom stereocenters. The van der Waals surface area contributed by atoms with Crippen LogP contribution in [0.1, 0.15) is 26.7 Å². The maximum Gasteiger partial charge on any atom is 0.329 e. The van der Waals surface area contributed by atoms with Crippen molar-refractivity contribution in [3.05, 3.63) is 12.2 Å². The largest absolute Gasteiger partial charge is 0.480 e. The van der Waals surface area contributed by atoms with Gasteiger partial charge in [0.15, 0.2) is 0 Å². The zero-order valence-corrected chi connectivity index (χ0v) is 9.69. The third-order valence-electron chi connectivity index (χ3n) is 2.91. The topological polar surface area (TPSA) is 69.6 Å². The van der Waals surface area contributed by atoms with Crippen LogP contribution in [0.2, 0.25) is 0 Å². The molecular weight excluding hydrogens is 208 g/mol. The Morgan fingerprint density at radius 2 is 2.19 bits per heavy atom. The Morgan fingerprint density at radius 1 is 1.50 bits per heavy atom. The Balaban J connectivity index is 2.61. The molecule has 0 aromatic heterocycles. The van der Waals surface area contributed by atoms with Crippen LogP contribution < -0.4 is 5.32 Å². The van der Waals surface area contributed by atoms with Gasteiger partial charge in [-0.05, 0) is 19.8 Å². The van der Waals surface area contributed by atoms with Crippen molar-refractivity contribution >= 4 is 12.0 Å². The number of hydrogen-bond donors (Lipinski definition) is 2. The maximum atomic E-state index is 11.8. The first-order chi connectivity index (χ1) is 7.49. The van der Waals surface area contributed by atoms with E-state index in [9.17, 15) is 9.59 Å². The summed E-state index contributed by atoms with van der Waals surface area (Å²) in [5.41, 5.74) is -1.18. The van der Waals surface area contributed by atoms with Crippen molar-refractivity contribution < 1.29 is 14.7 Å². The van der Waals surface area contributed by atoms with Crippen LogP contribution in [0.15, 0.2) is 12.2 Å². The molecule has 0 spiro atoms. The Kier molecular flexibility index (Phi) is 3.93. The maximum absolute atomic E-state index is 11.8. The monoisotopic (exact) mass is 226 g/mol. The normalized spacial score (nSPS) is 19.0. The van der Waals surface area contributed by atoms with Gasteiger partial charge >= 0.3 is 12.0 Å². The highest BCUT2D eigenvalue weighted by Gasteiger charge is 2.34. The van der Waals surface area contributed by atoms with Crippen LogP contribution in [-0.4, -0.2) is 40.6 Å². The van der Waals surface area contributed by atoms with E-state index in [1.165, 1.54) is 6.92 Å². The summed E-state index contributed by atoms with van der Waals surface area (Å²) in [5.74, 6) is -1.00. The van der Waals surface area contributed by atoms with Crippen LogP contribution in [0.5, 0.6) is 0 Å². The molecule has 0 aromatic carbocycles. The van der Waals surface area contributed by atoms with E-state index in [4.69, 9.17) is 5.11 Å². The van der Waals surface area contributed by atoms with Crippen molar-refractivity contribution in [2.75, 3.05) is 13.1 Å². The minimum Gasteiger partial charge on any atom is -0.480 e. The van der Waals surface area contributed by atoms with Crippen molar-refractivity contribution in [1.29, 1.82) is 0 Å². The number of nitrogens with one attached hydrogen (secondary N) is 1. The zero-order valence-electron chi connectivity index (χ0n) is 9.69. The first kappa shape index (κ1) is 12.5. The smallest absolute Gasteiger partial charge is 0.329 e. The summed E-state index contributed by atoms with van der Waals surface area (Å²) in [6, 6.07) is -0.309. The fraction of sp³-hybridized carbons (Fsp3) is 0.636. The number of urea groups is 1. The van der Waals surface area contributed by atoms with Crippen molar-refractivity contribution in [2.24, 2.45) is 0 Å². The highest BCUT2D eigenvalue weighted by atomic mass is 16.4. The van der Waals surface area contributed by atoms with Crippen molar-refractivity contribution in [2.45, 2.75) is 32.2 Å². The molecule has 0 aliphatic carbocycles. The number of carboxylic acid groups (broad SMARTS) is 1. The van der Waals surface area contributed by atoms with Gasteiger partial charge in [0.25, 0.3) is 0 Å². The minimum absolute atomic E-state index is 0.309. The first-order valence-electron chi connectivity index (χ1n) is 5.45. The average molecular weight is 226 g/mol. The number of carboxylic acids is 1. The summed E-state index contributed by atoms with van der Waals surface area (Å²) in [7, 11) is 0. The molecule has 2 N–H and O–H groups in total. The molecule has 16 heavy (non-hydrogen) atoms. The third kappa shape index (κ3) is 2.74. The van der Waals surface area contributed by atoms with Crippen molar-refractivity contribution in [3.63, 3.8) is 0 Å². The molecule has 0 radical (unpaired) electrons.